The van der Waals surface area contributed by atoms with Crippen molar-refractivity contribution in [2.75, 3.05) is 19.0 Å². The van der Waals surface area contributed by atoms with Crippen molar-refractivity contribution in [2.24, 2.45) is 5.73 Å². The molecule has 2 heterocycles. The molecular weight excluding hydrogens is 334 g/mol. The van der Waals surface area contributed by atoms with E-state index in [4.69, 9.17) is 10.5 Å². The number of amides is 1. The van der Waals surface area contributed by atoms with Crippen molar-refractivity contribution in [3.8, 4) is 5.75 Å². The molecule has 1 aromatic heterocycles. The van der Waals surface area contributed by atoms with Gasteiger partial charge in [0.15, 0.2) is 0 Å². The van der Waals surface area contributed by atoms with Gasteiger partial charge in [-0.25, -0.2) is 0 Å². The van der Waals surface area contributed by atoms with E-state index in [-0.39, 0.29) is 24.9 Å². The minimum absolute atomic E-state index is 0.102. The third kappa shape index (κ3) is 4.00. The van der Waals surface area contributed by atoms with Gasteiger partial charge in [0.2, 0.25) is 5.91 Å². The Hall–Kier alpha value is -2.93. The average Bonchev–Trinajstić information content (AvgIpc) is 2.66. The molecule has 1 atom stereocenters. The molecule has 7 heteroatoms. The molecule has 1 aliphatic heterocycles. The number of benzene rings is 1. The van der Waals surface area contributed by atoms with Crippen molar-refractivity contribution >= 4 is 17.6 Å². The Labute approximate surface area is 151 Å². The maximum Gasteiger partial charge on any atom is 0.305 e. The van der Waals surface area contributed by atoms with E-state index >= 15 is 0 Å². The van der Waals surface area contributed by atoms with Crippen LogP contribution in [0.15, 0.2) is 42.7 Å². The highest BCUT2D eigenvalue weighted by atomic mass is 16.5. The molecule has 136 valence electrons. The first-order valence-corrected chi connectivity index (χ1v) is 8.32. The van der Waals surface area contributed by atoms with Crippen LogP contribution in [0.2, 0.25) is 0 Å². The van der Waals surface area contributed by atoms with Crippen LogP contribution in [0, 0.1) is 0 Å². The van der Waals surface area contributed by atoms with E-state index in [2.05, 4.69) is 15.0 Å². The summed E-state index contributed by atoms with van der Waals surface area (Å²) in [6.45, 7) is 0.102. The van der Waals surface area contributed by atoms with Crippen LogP contribution in [-0.4, -0.2) is 36.1 Å². The maximum absolute atomic E-state index is 12.7. The van der Waals surface area contributed by atoms with E-state index in [0.717, 1.165) is 16.9 Å². The van der Waals surface area contributed by atoms with Crippen molar-refractivity contribution < 1.29 is 19.1 Å². The Kier molecular flexibility index (Phi) is 5.18. The molecule has 1 aromatic carbocycles. The normalized spacial score (nSPS) is 18.4. The summed E-state index contributed by atoms with van der Waals surface area (Å²) in [5, 5.41) is 2.80. The van der Waals surface area contributed by atoms with Gasteiger partial charge in [0.05, 0.1) is 19.0 Å². The van der Waals surface area contributed by atoms with Crippen LogP contribution in [0.1, 0.15) is 17.5 Å². The van der Waals surface area contributed by atoms with Crippen LogP contribution in [0.3, 0.4) is 0 Å². The monoisotopic (exact) mass is 355 g/mol. The fourth-order valence-electron chi connectivity index (χ4n) is 2.83. The molecule has 3 rings (SSSR count). The van der Waals surface area contributed by atoms with Gasteiger partial charge in [0.1, 0.15) is 17.9 Å². The highest BCUT2D eigenvalue weighted by molar-refractivity contribution is 5.98. The van der Waals surface area contributed by atoms with E-state index in [1.807, 2.05) is 24.3 Å². The third-order valence-electron chi connectivity index (χ3n) is 4.31. The number of hydrogen-bond donors (Lipinski definition) is 2. The van der Waals surface area contributed by atoms with Crippen LogP contribution in [0.25, 0.3) is 0 Å². The summed E-state index contributed by atoms with van der Waals surface area (Å²) in [7, 11) is 1.35. The zero-order valence-corrected chi connectivity index (χ0v) is 14.5. The van der Waals surface area contributed by atoms with Crippen molar-refractivity contribution in [2.45, 2.75) is 24.8 Å². The molecule has 0 saturated heterocycles. The Balaban J connectivity index is 1.67. The predicted molar refractivity (Wildman–Crippen MR) is 95.8 cm³/mol. The number of carbonyl (C=O) groups excluding carboxylic acids is 2. The molecule has 0 unspecified atom stereocenters. The fourth-order valence-corrected chi connectivity index (χ4v) is 2.83. The highest BCUT2D eigenvalue weighted by Gasteiger charge is 2.39. The zero-order valence-electron chi connectivity index (χ0n) is 14.5. The van der Waals surface area contributed by atoms with Gasteiger partial charge in [0, 0.05) is 19.0 Å². The molecule has 0 saturated carbocycles. The zero-order chi connectivity index (χ0) is 18.6. The number of ether oxygens (including phenoxy) is 2. The van der Waals surface area contributed by atoms with Gasteiger partial charge in [-0.05, 0) is 29.7 Å². The second kappa shape index (κ2) is 7.53. The van der Waals surface area contributed by atoms with E-state index in [0.29, 0.717) is 18.5 Å². The highest BCUT2D eigenvalue weighted by Crippen LogP contribution is 2.28. The van der Waals surface area contributed by atoms with E-state index in [1.165, 1.54) is 7.11 Å². The number of rotatable bonds is 5. The topological polar surface area (TPSA) is 104 Å². The first-order chi connectivity index (χ1) is 12.5. The lowest BCUT2D eigenvalue weighted by atomic mass is 9.89. The summed E-state index contributed by atoms with van der Waals surface area (Å²) in [5.41, 5.74) is 7.40. The number of methoxy groups -OCH3 is 1. The van der Waals surface area contributed by atoms with Crippen molar-refractivity contribution in [3.05, 3.63) is 53.9 Å². The lowest BCUT2D eigenvalue weighted by Crippen LogP contribution is -2.58. The van der Waals surface area contributed by atoms with Crippen LogP contribution < -0.4 is 15.8 Å². The number of esters is 1. The summed E-state index contributed by atoms with van der Waals surface area (Å²) < 4.78 is 10.3. The minimum atomic E-state index is -1.16. The number of para-hydroxylation sites is 1. The molecule has 3 N–H and O–H groups in total. The number of aryl methyl sites for hydroxylation is 1. The quantitative estimate of drug-likeness (QED) is 0.787. The summed E-state index contributed by atoms with van der Waals surface area (Å²) in [5.74, 6) is 0.130. The number of nitrogens with two attached hydrogens (primary N) is 1. The van der Waals surface area contributed by atoms with Crippen LogP contribution >= 0.6 is 0 Å². The standard InChI is InChI=1S/C19H21N3O4/c1-25-17(23)7-6-13-8-15(11-21-10-13)22-18(24)19(20)9-14-4-2-3-5-16(14)26-12-19/h2-5,8,10-11H,6-7,9,12,20H2,1H3,(H,22,24)/t19-/m0/s1. The minimum Gasteiger partial charge on any atom is -0.491 e. The molecule has 0 aliphatic carbocycles. The Morgan fingerprint density at radius 1 is 1.35 bits per heavy atom. The number of nitrogens with zero attached hydrogens (tertiary/aromatic N) is 1. The SMILES string of the molecule is COC(=O)CCc1cncc(NC(=O)[C@@]2(N)COc3ccccc3C2)c1. The molecule has 2 aromatic rings. The molecule has 0 fully saturated rings. The van der Waals surface area contributed by atoms with Gasteiger partial charge < -0.3 is 20.5 Å². The Morgan fingerprint density at radius 2 is 2.15 bits per heavy atom. The van der Waals surface area contributed by atoms with Gasteiger partial charge in [-0.15, -0.1) is 0 Å². The van der Waals surface area contributed by atoms with Crippen LogP contribution in [-0.2, 0) is 27.2 Å². The van der Waals surface area contributed by atoms with Gasteiger partial charge >= 0.3 is 5.97 Å². The second-order valence-corrected chi connectivity index (χ2v) is 6.34. The molecule has 0 radical (unpaired) electrons. The summed E-state index contributed by atoms with van der Waals surface area (Å²) >= 11 is 0. The van der Waals surface area contributed by atoms with Crippen molar-refractivity contribution in [3.63, 3.8) is 0 Å². The third-order valence-corrected chi connectivity index (χ3v) is 4.31. The largest absolute Gasteiger partial charge is 0.491 e. The predicted octanol–water partition coefficient (Wildman–Crippen LogP) is 1.46. The molecule has 0 spiro atoms. The fraction of sp³-hybridized carbons (Fsp3) is 0.316. The van der Waals surface area contributed by atoms with Gasteiger partial charge in [0.25, 0.3) is 0 Å². The van der Waals surface area contributed by atoms with Gasteiger partial charge in [-0.3, -0.25) is 14.6 Å². The lowest BCUT2D eigenvalue weighted by Gasteiger charge is -2.33. The first kappa shape index (κ1) is 17.9. The molecule has 26 heavy (non-hydrogen) atoms. The number of hydrogen-bond acceptors (Lipinski definition) is 6. The van der Waals surface area contributed by atoms with E-state index < -0.39 is 5.54 Å². The first-order valence-electron chi connectivity index (χ1n) is 8.32. The second-order valence-electron chi connectivity index (χ2n) is 6.34. The van der Waals surface area contributed by atoms with E-state index in [1.54, 1.807) is 18.5 Å². The molecule has 7 nitrogen and oxygen atoms in total. The van der Waals surface area contributed by atoms with Crippen LogP contribution in [0.5, 0.6) is 5.75 Å². The smallest absolute Gasteiger partial charge is 0.305 e. The van der Waals surface area contributed by atoms with Crippen LogP contribution in [0.4, 0.5) is 5.69 Å². The van der Waals surface area contributed by atoms with Crippen molar-refractivity contribution in [1.29, 1.82) is 0 Å². The molecule has 1 aliphatic rings. The number of nitrogens with one attached hydrogen (secondary N) is 1. The summed E-state index contributed by atoms with van der Waals surface area (Å²) in [6, 6.07) is 9.31. The number of aromatic nitrogens is 1. The molecule has 0 bridgehead atoms. The number of pyridine rings is 1. The Bertz CT molecular complexity index is 824. The van der Waals surface area contributed by atoms with E-state index in [9.17, 15) is 9.59 Å². The Morgan fingerprint density at radius 3 is 2.96 bits per heavy atom. The summed E-state index contributed by atoms with van der Waals surface area (Å²) in [6.07, 6.45) is 4.32. The number of anilines is 1. The average molecular weight is 355 g/mol. The maximum atomic E-state index is 12.7. The van der Waals surface area contributed by atoms with Gasteiger partial charge in [-0.2, -0.15) is 0 Å². The number of fused-ring (bicyclic) bond motifs is 1. The van der Waals surface area contributed by atoms with Gasteiger partial charge in [-0.1, -0.05) is 18.2 Å². The molecule has 1 amide bonds. The van der Waals surface area contributed by atoms with Crippen molar-refractivity contribution in [1.82, 2.24) is 4.98 Å². The number of carbonyl (C=O) groups is 2. The lowest BCUT2D eigenvalue weighted by molar-refractivity contribution is -0.140. The molecular formula is C19H21N3O4. The summed E-state index contributed by atoms with van der Waals surface area (Å²) in [4.78, 5) is 28.1.